The van der Waals surface area contributed by atoms with Gasteiger partial charge in [-0.15, -0.1) is 10.2 Å². The Labute approximate surface area is 162 Å². The highest BCUT2D eigenvalue weighted by atomic mass is 16.4. The lowest BCUT2D eigenvalue weighted by Gasteiger charge is -2.49. The van der Waals surface area contributed by atoms with E-state index in [1.165, 1.54) is 37.9 Å². The fourth-order valence-corrected chi connectivity index (χ4v) is 4.92. The number of aromatic nitrogens is 2. The van der Waals surface area contributed by atoms with E-state index in [4.69, 9.17) is 4.42 Å². The minimum absolute atomic E-state index is 0.295. The number of nitrogens with zero attached hydrogens (tertiary/aromatic N) is 4. The van der Waals surface area contributed by atoms with Gasteiger partial charge in [0, 0.05) is 19.0 Å². The van der Waals surface area contributed by atoms with E-state index in [-0.39, 0.29) is 0 Å². The second-order valence-corrected chi connectivity index (χ2v) is 8.97. The average molecular weight is 369 g/mol. The molecule has 146 valence electrons. The summed E-state index contributed by atoms with van der Waals surface area (Å²) in [6.45, 7) is 9.60. The number of benzene rings is 1. The summed E-state index contributed by atoms with van der Waals surface area (Å²) in [6, 6.07) is 11.1. The molecule has 0 bridgehead atoms. The van der Waals surface area contributed by atoms with Crippen molar-refractivity contribution in [3.8, 4) is 0 Å². The van der Waals surface area contributed by atoms with E-state index in [0.717, 1.165) is 31.4 Å². The first-order valence-corrected chi connectivity index (χ1v) is 10.3. The molecule has 2 aliphatic rings. The summed E-state index contributed by atoms with van der Waals surface area (Å²) in [5.74, 6) is 2.46. The second-order valence-electron chi connectivity index (χ2n) is 8.97. The van der Waals surface area contributed by atoms with E-state index in [1.54, 1.807) is 0 Å². The van der Waals surface area contributed by atoms with Crippen molar-refractivity contribution in [3.05, 3.63) is 47.7 Å². The second kappa shape index (κ2) is 7.72. The molecule has 1 aromatic carbocycles. The molecule has 2 aliphatic heterocycles. The third kappa shape index (κ3) is 4.25. The van der Waals surface area contributed by atoms with Crippen LogP contribution in [0.4, 0.5) is 0 Å². The number of hydrogen-bond acceptors (Lipinski definition) is 5. The quantitative estimate of drug-likeness (QED) is 0.819. The first-order valence-electron chi connectivity index (χ1n) is 10.3. The molecule has 5 nitrogen and oxygen atoms in total. The molecule has 3 heterocycles. The molecule has 0 radical (unpaired) electrons. The molecule has 1 spiro atoms. The largest absolute Gasteiger partial charge is 0.424 e. The molecule has 2 saturated heterocycles. The number of hydrogen-bond donors (Lipinski definition) is 0. The molecular formula is C22H32N4O. The van der Waals surface area contributed by atoms with Crippen LogP contribution in [0, 0.1) is 5.41 Å². The molecule has 27 heavy (non-hydrogen) atoms. The van der Waals surface area contributed by atoms with Gasteiger partial charge in [0.2, 0.25) is 11.8 Å². The molecule has 1 aromatic heterocycles. The molecular weight excluding hydrogens is 336 g/mol. The SMILES string of the molecule is CC(C)c1nnc(CN2CCC3(CC2)C[C@@H](c2ccccc2)CN(C)C3)o1. The van der Waals surface area contributed by atoms with Gasteiger partial charge in [-0.25, -0.2) is 0 Å². The van der Waals surface area contributed by atoms with Gasteiger partial charge in [0.25, 0.3) is 0 Å². The zero-order valence-corrected chi connectivity index (χ0v) is 16.9. The molecule has 1 atom stereocenters. The van der Waals surface area contributed by atoms with Crippen molar-refractivity contribution in [3.63, 3.8) is 0 Å². The maximum atomic E-state index is 5.80. The van der Waals surface area contributed by atoms with E-state index in [0.29, 0.717) is 17.3 Å². The number of rotatable bonds is 4. The molecule has 0 unspecified atom stereocenters. The average Bonchev–Trinajstić information content (AvgIpc) is 3.13. The highest BCUT2D eigenvalue weighted by Crippen LogP contribution is 2.44. The van der Waals surface area contributed by atoms with Crippen molar-refractivity contribution in [2.45, 2.75) is 51.5 Å². The Morgan fingerprint density at radius 2 is 1.89 bits per heavy atom. The van der Waals surface area contributed by atoms with Crippen molar-refractivity contribution >= 4 is 0 Å². The summed E-state index contributed by atoms with van der Waals surface area (Å²) in [5.41, 5.74) is 1.94. The molecule has 2 aromatic rings. The van der Waals surface area contributed by atoms with Crippen molar-refractivity contribution in [2.75, 3.05) is 33.2 Å². The minimum Gasteiger partial charge on any atom is -0.424 e. The van der Waals surface area contributed by atoms with E-state index in [1.807, 2.05) is 0 Å². The van der Waals surface area contributed by atoms with Crippen LogP contribution >= 0.6 is 0 Å². The van der Waals surface area contributed by atoms with Crippen LogP contribution < -0.4 is 0 Å². The Bertz CT molecular complexity index is 734. The first kappa shape index (κ1) is 18.6. The fraction of sp³-hybridized carbons (Fsp3) is 0.636. The Kier molecular flexibility index (Phi) is 5.33. The van der Waals surface area contributed by atoms with E-state index >= 15 is 0 Å². The molecule has 5 heteroatoms. The van der Waals surface area contributed by atoms with E-state index in [2.05, 4.69) is 71.2 Å². The lowest BCUT2D eigenvalue weighted by atomic mass is 9.68. The van der Waals surface area contributed by atoms with Gasteiger partial charge in [-0.1, -0.05) is 44.2 Å². The topological polar surface area (TPSA) is 45.4 Å². The molecule has 0 amide bonds. The van der Waals surface area contributed by atoms with Crippen LogP contribution in [-0.2, 0) is 6.54 Å². The van der Waals surface area contributed by atoms with Gasteiger partial charge in [0.05, 0.1) is 6.54 Å². The molecule has 2 fully saturated rings. The molecule has 4 rings (SSSR count). The number of likely N-dealkylation sites (tertiary alicyclic amines) is 2. The van der Waals surface area contributed by atoms with Crippen LogP contribution in [0.3, 0.4) is 0 Å². The lowest BCUT2D eigenvalue weighted by molar-refractivity contribution is 0.0195. The Balaban J connectivity index is 1.38. The van der Waals surface area contributed by atoms with Gasteiger partial charge in [0.15, 0.2) is 0 Å². The van der Waals surface area contributed by atoms with Crippen LogP contribution in [0.1, 0.15) is 62.3 Å². The zero-order valence-electron chi connectivity index (χ0n) is 16.9. The van der Waals surface area contributed by atoms with Crippen LogP contribution in [-0.4, -0.2) is 53.2 Å². The van der Waals surface area contributed by atoms with Crippen molar-refractivity contribution in [1.82, 2.24) is 20.0 Å². The van der Waals surface area contributed by atoms with Crippen molar-refractivity contribution in [2.24, 2.45) is 5.41 Å². The van der Waals surface area contributed by atoms with E-state index < -0.39 is 0 Å². The lowest BCUT2D eigenvalue weighted by Crippen LogP contribution is -2.50. The summed E-state index contributed by atoms with van der Waals surface area (Å²) >= 11 is 0. The van der Waals surface area contributed by atoms with Crippen molar-refractivity contribution < 1.29 is 4.42 Å². The number of piperidine rings is 2. The minimum atomic E-state index is 0.295. The van der Waals surface area contributed by atoms with Gasteiger partial charge in [-0.05, 0) is 56.3 Å². The highest BCUT2D eigenvalue weighted by molar-refractivity contribution is 5.21. The van der Waals surface area contributed by atoms with Gasteiger partial charge < -0.3 is 9.32 Å². The standard InChI is InChI=1S/C22H32N4O/c1-17(2)21-24-23-20(27-21)15-26-11-9-22(10-12-26)13-19(14-25(3)16-22)18-7-5-4-6-8-18/h4-8,17,19H,9-16H2,1-3H3/t19-/m1/s1. The first-order chi connectivity index (χ1) is 13.0. The third-order valence-electron chi connectivity index (χ3n) is 6.34. The monoisotopic (exact) mass is 368 g/mol. The van der Waals surface area contributed by atoms with Crippen LogP contribution in [0.5, 0.6) is 0 Å². The van der Waals surface area contributed by atoms with Gasteiger partial charge in [-0.3, -0.25) is 4.90 Å². The predicted octanol–water partition coefficient (Wildman–Crippen LogP) is 3.89. The summed E-state index contributed by atoms with van der Waals surface area (Å²) in [6.07, 6.45) is 3.82. The molecule has 0 N–H and O–H groups in total. The van der Waals surface area contributed by atoms with Crippen LogP contribution in [0.2, 0.25) is 0 Å². The zero-order chi connectivity index (χ0) is 18.9. The summed E-state index contributed by atoms with van der Waals surface area (Å²) in [4.78, 5) is 5.03. The van der Waals surface area contributed by atoms with Crippen molar-refractivity contribution in [1.29, 1.82) is 0 Å². The van der Waals surface area contributed by atoms with Gasteiger partial charge in [-0.2, -0.15) is 0 Å². The summed E-state index contributed by atoms with van der Waals surface area (Å²) < 4.78 is 5.80. The molecule has 0 saturated carbocycles. The van der Waals surface area contributed by atoms with Crippen LogP contribution in [0.15, 0.2) is 34.7 Å². The van der Waals surface area contributed by atoms with Gasteiger partial charge >= 0.3 is 0 Å². The van der Waals surface area contributed by atoms with Gasteiger partial charge in [0.1, 0.15) is 0 Å². The Morgan fingerprint density at radius 3 is 2.56 bits per heavy atom. The fourth-order valence-electron chi connectivity index (χ4n) is 4.92. The normalized spacial score (nSPS) is 23.9. The maximum Gasteiger partial charge on any atom is 0.230 e. The predicted molar refractivity (Wildman–Crippen MR) is 107 cm³/mol. The highest BCUT2D eigenvalue weighted by Gasteiger charge is 2.41. The Hall–Kier alpha value is -1.72. The Morgan fingerprint density at radius 1 is 1.15 bits per heavy atom. The third-order valence-corrected chi connectivity index (χ3v) is 6.34. The maximum absolute atomic E-state index is 5.80. The summed E-state index contributed by atoms with van der Waals surface area (Å²) in [5, 5.41) is 8.40. The smallest absolute Gasteiger partial charge is 0.230 e. The molecule has 0 aliphatic carbocycles. The van der Waals surface area contributed by atoms with Crippen LogP contribution in [0.25, 0.3) is 0 Å². The number of likely N-dealkylation sites (N-methyl/N-ethyl adjacent to an activating group) is 1. The summed E-state index contributed by atoms with van der Waals surface area (Å²) in [7, 11) is 2.29. The van der Waals surface area contributed by atoms with E-state index in [9.17, 15) is 0 Å².